The average Bonchev–Trinajstić information content (AvgIpc) is 2.27. The molecule has 0 radical (unpaired) electrons. The number of ketones is 1. The third-order valence-electron chi connectivity index (χ3n) is 2.13. The first-order valence-electron chi connectivity index (χ1n) is 5.09. The normalized spacial score (nSPS) is 11.9. The number of rotatable bonds is 5. The first-order chi connectivity index (χ1) is 8.41. The number of benzene rings is 1. The summed E-state index contributed by atoms with van der Waals surface area (Å²) in [5.74, 6) is -1.57. The lowest BCUT2D eigenvalue weighted by molar-refractivity contribution is -0.136. The molecule has 0 amide bonds. The zero-order chi connectivity index (χ0) is 13.7. The highest BCUT2D eigenvalue weighted by Gasteiger charge is 2.25. The first-order valence-corrected chi connectivity index (χ1v) is 6.35. The number of carbonyl (C=O) groups is 3. The molecule has 0 spiro atoms. The van der Waals surface area contributed by atoms with E-state index in [0.29, 0.717) is 11.8 Å². The molecule has 4 nitrogen and oxygen atoms in total. The number of carboxylic acids is 1. The van der Waals surface area contributed by atoms with Crippen LogP contribution in [0.4, 0.5) is 0 Å². The van der Waals surface area contributed by atoms with Gasteiger partial charge in [0.1, 0.15) is 5.25 Å². The number of hydrogen-bond acceptors (Lipinski definition) is 4. The van der Waals surface area contributed by atoms with E-state index in [4.69, 9.17) is 16.7 Å². The van der Waals surface area contributed by atoms with Gasteiger partial charge in [-0.25, -0.2) is 0 Å². The summed E-state index contributed by atoms with van der Waals surface area (Å²) in [7, 11) is 0. The van der Waals surface area contributed by atoms with Crippen molar-refractivity contribution in [3.8, 4) is 0 Å². The van der Waals surface area contributed by atoms with E-state index in [2.05, 4.69) is 0 Å². The zero-order valence-electron chi connectivity index (χ0n) is 9.55. The molecule has 0 aliphatic heterocycles. The minimum absolute atomic E-state index is 0.261. The Morgan fingerprint density at radius 1 is 1.33 bits per heavy atom. The lowest BCUT2D eigenvalue weighted by atomic mass is 10.1. The summed E-state index contributed by atoms with van der Waals surface area (Å²) < 4.78 is 0. The fraction of sp³-hybridized carbons (Fsp3) is 0.250. The van der Waals surface area contributed by atoms with Gasteiger partial charge in [0.05, 0.1) is 5.02 Å². The van der Waals surface area contributed by atoms with Gasteiger partial charge < -0.3 is 5.11 Å². The molecule has 1 unspecified atom stereocenters. The molecule has 1 N–H and O–H groups in total. The molecule has 6 heteroatoms. The number of carboxylic acid groups (broad SMARTS) is 1. The highest BCUT2D eigenvalue weighted by atomic mass is 35.5. The molecule has 1 atom stereocenters. The van der Waals surface area contributed by atoms with Gasteiger partial charge in [-0.1, -0.05) is 35.5 Å². The molecule has 0 aromatic heterocycles. The van der Waals surface area contributed by atoms with Crippen LogP contribution >= 0.6 is 23.4 Å². The van der Waals surface area contributed by atoms with Gasteiger partial charge in [-0.15, -0.1) is 0 Å². The fourth-order valence-corrected chi connectivity index (χ4v) is 2.32. The number of aliphatic carboxylic acids is 1. The van der Waals surface area contributed by atoms with E-state index in [-0.39, 0.29) is 27.9 Å². The second-order valence-corrected chi connectivity index (χ2v) is 5.33. The Morgan fingerprint density at radius 3 is 2.44 bits per heavy atom. The maximum atomic E-state index is 11.9. The molecule has 18 heavy (non-hydrogen) atoms. The van der Waals surface area contributed by atoms with Gasteiger partial charge in [-0.2, -0.15) is 0 Å². The van der Waals surface area contributed by atoms with Crippen molar-refractivity contribution in [2.45, 2.75) is 18.6 Å². The topological polar surface area (TPSA) is 71.4 Å². The fourth-order valence-electron chi connectivity index (χ4n) is 1.35. The van der Waals surface area contributed by atoms with E-state index < -0.39 is 11.2 Å². The molecule has 0 saturated carbocycles. The second kappa shape index (κ2) is 6.56. The summed E-state index contributed by atoms with van der Waals surface area (Å²) in [6.45, 7) is 1.26. The Hall–Kier alpha value is -1.33. The Morgan fingerprint density at radius 2 is 1.94 bits per heavy atom. The van der Waals surface area contributed by atoms with Crippen LogP contribution in [-0.4, -0.2) is 27.2 Å². The van der Waals surface area contributed by atoms with Crippen molar-refractivity contribution in [2.75, 3.05) is 0 Å². The minimum Gasteiger partial charge on any atom is -0.480 e. The van der Waals surface area contributed by atoms with Crippen molar-refractivity contribution in [1.29, 1.82) is 0 Å². The van der Waals surface area contributed by atoms with Gasteiger partial charge in [-0.3, -0.25) is 14.4 Å². The molecule has 96 valence electrons. The predicted molar refractivity (Wildman–Crippen MR) is 70.1 cm³/mol. The van der Waals surface area contributed by atoms with Crippen molar-refractivity contribution in [3.05, 3.63) is 34.9 Å². The van der Waals surface area contributed by atoms with Gasteiger partial charge in [0, 0.05) is 18.9 Å². The predicted octanol–water partition coefficient (Wildman–Crippen LogP) is 2.65. The SMILES string of the molecule is CC(=O)SC(CC(=O)c1ccccc1Cl)C(=O)O. The zero-order valence-corrected chi connectivity index (χ0v) is 11.1. The van der Waals surface area contributed by atoms with Crippen LogP contribution in [0.5, 0.6) is 0 Å². The van der Waals surface area contributed by atoms with Crippen LogP contribution in [0.1, 0.15) is 23.7 Å². The maximum Gasteiger partial charge on any atom is 0.317 e. The largest absolute Gasteiger partial charge is 0.480 e. The molecular weight excluding hydrogens is 276 g/mol. The Kier molecular flexibility index (Phi) is 5.37. The van der Waals surface area contributed by atoms with Crippen LogP contribution in [-0.2, 0) is 9.59 Å². The number of carbonyl (C=O) groups excluding carboxylic acids is 2. The first kappa shape index (κ1) is 14.7. The van der Waals surface area contributed by atoms with E-state index in [1.54, 1.807) is 18.2 Å². The lowest BCUT2D eigenvalue weighted by Gasteiger charge is -2.09. The summed E-state index contributed by atoms with van der Waals surface area (Å²) in [6.07, 6.45) is -0.261. The Balaban J connectivity index is 2.82. The number of halogens is 1. The third-order valence-corrected chi connectivity index (χ3v) is 3.44. The molecule has 0 bridgehead atoms. The van der Waals surface area contributed by atoms with Crippen molar-refractivity contribution < 1.29 is 19.5 Å². The van der Waals surface area contributed by atoms with Crippen LogP contribution in [0, 0.1) is 0 Å². The average molecular weight is 287 g/mol. The second-order valence-electron chi connectivity index (χ2n) is 3.54. The summed E-state index contributed by atoms with van der Waals surface area (Å²) >= 11 is 6.48. The van der Waals surface area contributed by atoms with Crippen molar-refractivity contribution >= 4 is 40.2 Å². The van der Waals surface area contributed by atoms with Crippen molar-refractivity contribution in [2.24, 2.45) is 0 Å². The van der Waals surface area contributed by atoms with Gasteiger partial charge in [-0.05, 0) is 12.1 Å². The highest BCUT2D eigenvalue weighted by molar-refractivity contribution is 8.14. The standard InChI is InChI=1S/C12H11ClO4S/c1-7(14)18-11(12(16)17)6-10(15)8-4-2-3-5-9(8)13/h2-5,11H,6H2,1H3,(H,16,17). The molecular formula is C12H11ClO4S. The Labute approximate surface area is 113 Å². The third kappa shape index (κ3) is 4.16. The summed E-state index contributed by atoms with van der Waals surface area (Å²) in [6, 6.07) is 6.41. The lowest BCUT2D eigenvalue weighted by Crippen LogP contribution is -2.22. The molecule has 1 aromatic rings. The molecule has 0 saturated heterocycles. The van der Waals surface area contributed by atoms with Gasteiger partial charge in [0.25, 0.3) is 0 Å². The molecule has 1 aromatic carbocycles. The molecule has 1 rings (SSSR count). The van der Waals surface area contributed by atoms with Gasteiger partial charge in [0.15, 0.2) is 10.9 Å². The van der Waals surface area contributed by atoms with E-state index in [0.717, 1.165) is 0 Å². The Bertz CT molecular complexity index is 487. The number of hydrogen-bond donors (Lipinski definition) is 1. The van der Waals surface area contributed by atoms with Gasteiger partial charge in [0.2, 0.25) is 0 Å². The van der Waals surface area contributed by atoms with Gasteiger partial charge >= 0.3 is 5.97 Å². The van der Waals surface area contributed by atoms with E-state index >= 15 is 0 Å². The van der Waals surface area contributed by atoms with Crippen LogP contribution in [0.3, 0.4) is 0 Å². The van der Waals surface area contributed by atoms with Crippen molar-refractivity contribution in [1.82, 2.24) is 0 Å². The maximum absolute atomic E-state index is 11.9. The minimum atomic E-state index is -1.18. The van der Waals surface area contributed by atoms with Crippen LogP contribution in [0.15, 0.2) is 24.3 Å². The smallest absolute Gasteiger partial charge is 0.317 e. The number of thioether (sulfide) groups is 1. The van der Waals surface area contributed by atoms with Crippen LogP contribution in [0.2, 0.25) is 5.02 Å². The number of Topliss-reactive ketones (excluding diaryl/α,β-unsaturated/α-hetero) is 1. The van der Waals surface area contributed by atoms with E-state index in [1.165, 1.54) is 13.0 Å². The molecule has 0 aliphatic rings. The van der Waals surface area contributed by atoms with Crippen molar-refractivity contribution in [3.63, 3.8) is 0 Å². The van der Waals surface area contributed by atoms with E-state index in [1.807, 2.05) is 0 Å². The molecule has 0 aliphatic carbocycles. The summed E-state index contributed by atoms with van der Waals surface area (Å²) in [5, 5.41) is 7.79. The molecule has 0 fully saturated rings. The monoisotopic (exact) mass is 286 g/mol. The summed E-state index contributed by atoms with van der Waals surface area (Å²) in [5.41, 5.74) is 0.273. The highest BCUT2D eigenvalue weighted by Crippen LogP contribution is 2.22. The molecule has 0 heterocycles. The quantitative estimate of drug-likeness (QED) is 0.843. The summed E-state index contributed by atoms with van der Waals surface area (Å²) in [4.78, 5) is 33.7. The van der Waals surface area contributed by atoms with Crippen LogP contribution in [0.25, 0.3) is 0 Å². The van der Waals surface area contributed by atoms with E-state index in [9.17, 15) is 14.4 Å². The van der Waals surface area contributed by atoms with Crippen LogP contribution < -0.4 is 0 Å².